The van der Waals surface area contributed by atoms with Crippen molar-refractivity contribution in [1.82, 2.24) is 0 Å². The molecule has 0 unspecified atom stereocenters. The Morgan fingerprint density at radius 2 is 2.14 bits per heavy atom. The summed E-state index contributed by atoms with van der Waals surface area (Å²) < 4.78 is 13.2. The second kappa shape index (κ2) is 3.60. The van der Waals surface area contributed by atoms with Gasteiger partial charge >= 0.3 is 0 Å². The maximum Gasteiger partial charge on any atom is 0.128 e. The fourth-order valence-electron chi connectivity index (χ4n) is 1.72. The topological polar surface area (TPSA) is 12.0 Å². The first-order chi connectivity index (χ1) is 6.68. The van der Waals surface area contributed by atoms with E-state index in [0.29, 0.717) is 6.04 Å². The summed E-state index contributed by atoms with van der Waals surface area (Å²) in [7, 11) is 0. The normalized spacial score (nSPS) is 17.9. The van der Waals surface area contributed by atoms with E-state index < -0.39 is 0 Å². The summed E-state index contributed by atoms with van der Waals surface area (Å²) in [6, 6.07) is 5.67. The van der Waals surface area contributed by atoms with Crippen LogP contribution in [-0.2, 0) is 0 Å². The van der Waals surface area contributed by atoms with E-state index in [-0.39, 0.29) is 5.82 Å². The summed E-state index contributed by atoms with van der Waals surface area (Å²) in [4.78, 5) is 0. The molecular formula is C12H16FN. The van der Waals surface area contributed by atoms with E-state index in [9.17, 15) is 4.39 Å². The number of hydrogen-bond donors (Lipinski definition) is 1. The van der Waals surface area contributed by atoms with Crippen molar-refractivity contribution in [3.8, 4) is 0 Å². The van der Waals surface area contributed by atoms with Crippen LogP contribution < -0.4 is 5.32 Å². The minimum absolute atomic E-state index is 0.127. The number of halogens is 1. The van der Waals surface area contributed by atoms with Crippen LogP contribution in [0.15, 0.2) is 18.2 Å². The Kier molecular flexibility index (Phi) is 2.44. The van der Waals surface area contributed by atoms with Gasteiger partial charge in [0.1, 0.15) is 5.82 Å². The molecule has 1 atom stereocenters. The minimum atomic E-state index is -0.127. The maximum atomic E-state index is 13.2. The molecule has 0 aliphatic heterocycles. The highest BCUT2D eigenvalue weighted by molar-refractivity contribution is 5.51. The van der Waals surface area contributed by atoms with E-state index in [0.717, 1.165) is 17.2 Å². The standard InChI is InChI=1S/C12H16FN/c1-8-11(13)4-3-5-12(8)14-9(2)10-6-7-10/h3-5,9-10,14H,6-7H2,1-2H3/t9-/m0/s1. The van der Waals surface area contributed by atoms with Crippen molar-refractivity contribution in [2.45, 2.75) is 32.7 Å². The van der Waals surface area contributed by atoms with Crippen LogP contribution in [0.1, 0.15) is 25.3 Å². The van der Waals surface area contributed by atoms with Crippen LogP contribution in [0.5, 0.6) is 0 Å². The van der Waals surface area contributed by atoms with Gasteiger partial charge in [-0.1, -0.05) is 6.07 Å². The van der Waals surface area contributed by atoms with Gasteiger partial charge in [0.2, 0.25) is 0 Å². The van der Waals surface area contributed by atoms with Crippen LogP contribution in [0.3, 0.4) is 0 Å². The fraction of sp³-hybridized carbons (Fsp3) is 0.500. The van der Waals surface area contributed by atoms with E-state index in [1.807, 2.05) is 13.0 Å². The molecule has 1 aliphatic rings. The van der Waals surface area contributed by atoms with Gasteiger partial charge in [0.25, 0.3) is 0 Å². The summed E-state index contributed by atoms with van der Waals surface area (Å²) in [5, 5.41) is 3.37. The van der Waals surface area contributed by atoms with Crippen LogP contribution in [-0.4, -0.2) is 6.04 Å². The Hall–Kier alpha value is -1.05. The van der Waals surface area contributed by atoms with Crippen LogP contribution >= 0.6 is 0 Å². The molecule has 0 saturated heterocycles. The van der Waals surface area contributed by atoms with Crippen molar-refractivity contribution < 1.29 is 4.39 Å². The SMILES string of the molecule is Cc1c(F)cccc1N[C@@H](C)C1CC1. The molecule has 2 rings (SSSR count). The lowest BCUT2D eigenvalue weighted by Crippen LogP contribution is -2.18. The van der Waals surface area contributed by atoms with E-state index in [1.165, 1.54) is 18.9 Å². The summed E-state index contributed by atoms with van der Waals surface area (Å²) in [5.41, 5.74) is 1.66. The van der Waals surface area contributed by atoms with Crippen molar-refractivity contribution in [3.05, 3.63) is 29.6 Å². The van der Waals surface area contributed by atoms with Crippen molar-refractivity contribution in [2.24, 2.45) is 5.92 Å². The monoisotopic (exact) mass is 193 g/mol. The first kappa shape index (κ1) is 9.50. The van der Waals surface area contributed by atoms with E-state index in [2.05, 4.69) is 12.2 Å². The highest BCUT2D eigenvalue weighted by atomic mass is 19.1. The van der Waals surface area contributed by atoms with Crippen molar-refractivity contribution in [1.29, 1.82) is 0 Å². The molecule has 1 saturated carbocycles. The highest BCUT2D eigenvalue weighted by Gasteiger charge is 2.27. The zero-order valence-corrected chi connectivity index (χ0v) is 8.68. The number of anilines is 1. The maximum absolute atomic E-state index is 13.2. The molecule has 76 valence electrons. The predicted molar refractivity (Wildman–Crippen MR) is 56.9 cm³/mol. The Bertz CT molecular complexity index is 331. The van der Waals surface area contributed by atoms with Crippen LogP contribution in [0, 0.1) is 18.7 Å². The molecule has 1 aromatic carbocycles. The second-order valence-electron chi connectivity index (χ2n) is 4.18. The first-order valence-corrected chi connectivity index (χ1v) is 5.20. The van der Waals surface area contributed by atoms with Gasteiger partial charge in [-0.2, -0.15) is 0 Å². The second-order valence-corrected chi connectivity index (χ2v) is 4.18. The number of nitrogens with one attached hydrogen (secondary N) is 1. The molecule has 0 radical (unpaired) electrons. The Balaban J connectivity index is 2.11. The largest absolute Gasteiger partial charge is 0.382 e. The van der Waals surface area contributed by atoms with Crippen LogP contribution in [0.4, 0.5) is 10.1 Å². The number of benzene rings is 1. The lowest BCUT2D eigenvalue weighted by Gasteiger charge is -2.16. The quantitative estimate of drug-likeness (QED) is 0.776. The number of rotatable bonds is 3. The van der Waals surface area contributed by atoms with Gasteiger partial charge in [-0.05, 0) is 44.7 Å². The lowest BCUT2D eigenvalue weighted by molar-refractivity contribution is 0.617. The predicted octanol–water partition coefficient (Wildman–Crippen LogP) is 3.34. The van der Waals surface area contributed by atoms with Gasteiger partial charge < -0.3 is 5.32 Å². The average molecular weight is 193 g/mol. The molecule has 14 heavy (non-hydrogen) atoms. The average Bonchev–Trinajstić information content (AvgIpc) is 2.95. The zero-order valence-electron chi connectivity index (χ0n) is 8.68. The van der Waals surface area contributed by atoms with Crippen molar-refractivity contribution in [2.75, 3.05) is 5.32 Å². The molecule has 1 fully saturated rings. The lowest BCUT2D eigenvalue weighted by atomic mass is 10.1. The molecule has 0 spiro atoms. The molecule has 0 aromatic heterocycles. The van der Waals surface area contributed by atoms with Gasteiger partial charge in [0.15, 0.2) is 0 Å². The molecular weight excluding hydrogens is 177 g/mol. The molecule has 1 aliphatic carbocycles. The summed E-state index contributed by atoms with van der Waals surface area (Å²) in [5.74, 6) is 0.663. The molecule has 0 heterocycles. The van der Waals surface area contributed by atoms with Gasteiger partial charge in [-0.3, -0.25) is 0 Å². The minimum Gasteiger partial charge on any atom is -0.382 e. The third-order valence-corrected chi connectivity index (χ3v) is 2.98. The van der Waals surface area contributed by atoms with Crippen LogP contribution in [0.2, 0.25) is 0 Å². The van der Waals surface area contributed by atoms with Gasteiger partial charge in [0, 0.05) is 17.3 Å². The Morgan fingerprint density at radius 3 is 2.79 bits per heavy atom. The van der Waals surface area contributed by atoms with Gasteiger partial charge in [0.05, 0.1) is 0 Å². The van der Waals surface area contributed by atoms with E-state index in [1.54, 1.807) is 6.07 Å². The third kappa shape index (κ3) is 1.89. The zero-order chi connectivity index (χ0) is 10.1. The molecule has 1 aromatic rings. The Morgan fingerprint density at radius 1 is 1.43 bits per heavy atom. The smallest absolute Gasteiger partial charge is 0.128 e. The Labute approximate surface area is 84.3 Å². The van der Waals surface area contributed by atoms with Gasteiger partial charge in [-0.25, -0.2) is 4.39 Å². The van der Waals surface area contributed by atoms with Crippen LogP contribution in [0.25, 0.3) is 0 Å². The summed E-state index contributed by atoms with van der Waals surface area (Å²) >= 11 is 0. The van der Waals surface area contributed by atoms with Crippen molar-refractivity contribution in [3.63, 3.8) is 0 Å². The third-order valence-electron chi connectivity index (χ3n) is 2.98. The highest BCUT2D eigenvalue weighted by Crippen LogP contribution is 2.34. The van der Waals surface area contributed by atoms with E-state index in [4.69, 9.17) is 0 Å². The summed E-state index contributed by atoms with van der Waals surface area (Å²) in [6.07, 6.45) is 2.62. The van der Waals surface area contributed by atoms with E-state index >= 15 is 0 Å². The molecule has 0 amide bonds. The first-order valence-electron chi connectivity index (χ1n) is 5.20. The molecule has 1 N–H and O–H groups in total. The van der Waals surface area contributed by atoms with Crippen molar-refractivity contribution >= 4 is 5.69 Å². The molecule has 0 bridgehead atoms. The fourth-order valence-corrected chi connectivity index (χ4v) is 1.72. The number of hydrogen-bond acceptors (Lipinski definition) is 1. The summed E-state index contributed by atoms with van der Waals surface area (Å²) in [6.45, 7) is 3.99. The van der Waals surface area contributed by atoms with Gasteiger partial charge in [-0.15, -0.1) is 0 Å². The molecule has 1 nitrogen and oxygen atoms in total. The molecule has 2 heteroatoms.